The molecule has 1 amide bonds. The molecule has 3 heterocycles. The number of fused-ring (bicyclic) bond motifs is 1. The highest BCUT2D eigenvalue weighted by Gasteiger charge is 2.33. The predicted molar refractivity (Wildman–Crippen MR) is 113 cm³/mol. The summed E-state index contributed by atoms with van der Waals surface area (Å²) in [6.07, 6.45) is 4.61. The van der Waals surface area contributed by atoms with Crippen molar-refractivity contribution in [1.29, 1.82) is 0 Å². The summed E-state index contributed by atoms with van der Waals surface area (Å²) in [6, 6.07) is 4.85. The molecule has 0 aromatic carbocycles. The summed E-state index contributed by atoms with van der Waals surface area (Å²) in [5.74, 6) is -0.421. The quantitative estimate of drug-likeness (QED) is 0.572. The van der Waals surface area contributed by atoms with Crippen molar-refractivity contribution in [1.82, 2.24) is 14.4 Å². The van der Waals surface area contributed by atoms with Gasteiger partial charge in [-0.05, 0) is 44.9 Å². The lowest BCUT2D eigenvalue weighted by Crippen LogP contribution is -2.22. The number of imidazole rings is 1. The molecule has 6 nitrogen and oxygen atoms in total. The van der Waals surface area contributed by atoms with E-state index < -0.39 is 23.4 Å². The van der Waals surface area contributed by atoms with Crippen molar-refractivity contribution in [2.24, 2.45) is 0 Å². The maximum Gasteiger partial charge on any atom is 0.433 e. The van der Waals surface area contributed by atoms with Gasteiger partial charge in [0.2, 0.25) is 0 Å². The molecule has 4 rings (SSSR count). The van der Waals surface area contributed by atoms with Crippen LogP contribution in [-0.4, -0.2) is 25.4 Å². The number of aliphatic hydroxyl groups is 1. The first-order valence-corrected chi connectivity index (χ1v) is 10.6. The van der Waals surface area contributed by atoms with E-state index in [1.807, 2.05) is 6.20 Å². The smallest absolute Gasteiger partial charge is 0.386 e. The van der Waals surface area contributed by atoms with E-state index in [2.05, 4.69) is 10.3 Å². The van der Waals surface area contributed by atoms with Crippen LogP contribution in [0.2, 0.25) is 0 Å². The second kappa shape index (κ2) is 8.20. The Labute approximate surface area is 183 Å². The van der Waals surface area contributed by atoms with Crippen LogP contribution in [-0.2, 0) is 11.8 Å². The number of hydrogen-bond donors (Lipinski definition) is 2. The van der Waals surface area contributed by atoms with Crippen LogP contribution in [0.15, 0.2) is 36.7 Å². The van der Waals surface area contributed by atoms with E-state index in [1.54, 1.807) is 30.5 Å². The van der Waals surface area contributed by atoms with Crippen LogP contribution in [0.25, 0.3) is 5.65 Å². The molecule has 2 N–H and O–H groups in total. The van der Waals surface area contributed by atoms with Crippen molar-refractivity contribution in [3.05, 3.63) is 59.3 Å². The van der Waals surface area contributed by atoms with E-state index in [1.165, 1.54) is 25.3 Å². The van der Waals surface area contributed by atoms with Crippen molar-refractivity contribution < 1.29 is 23.1 Å². The lowest BCUT2D eigenvalue weighted by atomic mass is 9.87. The summed E-state index contributed by atoms with van der Waals surface area (Å²) in [5, 5.41) is 13.3. The number of carbonyl (C=O) groups is 1. The zero-order chi connectivity index (χ0) is 23.1. The normalized spacial score (nSPS) is 15.8. The number of pyridine rings is 2. The molecule has 9 heteroatoms. The topological polar surface area (TPSA) is 79.5 Å². The molecular weight excluding hydrogens is 421 g/mol. The highest BCUT2D eigenvalue weighted by Crippen LogP contribution is 2.34. The Bertz CT molecular complexity index is 1140. The van der Waals surface area contributed by atoms with Crippen LogP contribution in [0.4, 0.5) is 18.9 Å². The highest BCUT2D eigenvalue weighted by atomic mass is 19.4. The summed E-state index contributed by atoms with van der Waals surface area (Å²) in [4.78, 5) is 20.9. The standard InChI is InChI=1S/C23H25F3N4O2/c1-22(2,32)15-11-20-28-17(14-7-4-3-5-8-14)12-30(20)13-18(15)29-21(31)16-9-6-10-19(27-16)23(24,25)26/h6,9-14,32H,3-5,7-8H2,1-2H3,(H,29,31). The Kier molecular flexibility index (Phi) is 5.70. The number of rotatable bonds is 4. The van der Waals surface area contributed by atoms with Gasteiger partial charge in [0.1, 0.15) is 17.0 Å². The zero-order valence-electron chi connectivity index (χ0n) is 17.9. The minimum absolute atomic E-state index is 0.279. The maximum atomic E-state index is 13.0. The molecule has 0 atom stereocenters. The second-order valence-corrected chi connectivity index (χ2v) is 8.79. The average molecular weight is 446 g/mol. The third kappa shape index (κ3) is 4.62. The van der Waals surface area contributed by atoms with E-state index in [-0.39, 0.29) is 11.4 Å². The molecule has 0 radical (unpaired) electrons. The molecule has 1 aliphatic carbocycles. The predicted octanol–water partition coefficient (Wildman–Crippen LogP) is 5.28. The van der Waals surface area contributed by atoms with Crippen LogP contribution < -0.4 is 5.32 Å². The number of hydrogen-bond acceptors (Lipinski definition) is 4. The molecule has 3 aromatic rings. The van der Waals surface area contributed by atoms with Gasteiger partial charge in [0.05, 0.1) is 17.0 Å². The molecular formula is C23H25F3N4O2. The summed E-state index contributed by atoms with van der Waals surface area (Å²) >= 11 is 0. The monoisotopic (exact) mass is 446 g/mol. The zero-order valence-corrected chi connectivity index (χ0v) is 17.9. The number of amides is 1. The number of nitrogens with zero attached hydrogens (tertiary/aromatic N) is 3. The first kappa shape index (κ1) is 22.3. The molecule has 32 heavy (non-hydrogen) atoms. The second-order valence-electron chi connectivity index (χ2n) is 8.79. The molecule has 1 saturated carbocycles. The lowest BCUT2D eigenvalue weighted by molar-refractivity contribution is -0.141. The lowest BCUT2D eigenvalue weighted by Gasteiger charge is -2.22. The Hall–Kier alpha value is -2.94. The van der Waals surface area contributed by atoms with Gasteiger partial charge >= 0.3 is 6.18 Å². The van der Waals surface area contributed by atoms with Crippen LogP contribution in [0.3, 0.4) is 0 Å². The Morgan fingerprint density at radius 2 is 1.84 bits per heavy atom. The van der Waals surface area contributed by atoms with E-state index in [4.69, 9.17) is 4.98 Å². The van der Waals surface area contributed by atoms with Gasteiger partial charge in [-0.1, -0.05) is 25.3 Å². The van der Waals surface area contributed by atoms with E-state index in [9.17, 15) is 23.1 Å². The summed E-state index contributed by atoms with van der Waals surface area (Å²) < 4.78 is 40.7. The van der Waals surface area contributed by atoms with Gasteiger partial charge in [0, 0.05) is 23.9 Å². The Balaban J connectivity index is 1.69. The SMILES string of the molecule is CC(C)(O)c1cc2nc(C3CCCCC3)cn2cc1NC(=O)c1cccc(C(F)(F)F)n1. The van der Waals surface area contributed by atoms with Crippen LogP contribution >= 0.6 is 0 Å². The number of halogens is 3. The maximum absolute atomic E-state index is 13.0. The first-order chi connectivity index (χ1) is 15.0. The van der Waals surface area contributed by atoms with Gasteiger partial charge in [-0.25, -0.2) is 9.97 Å². The van der Waals surface area contributed by atoms with Gasteiger partial charge in [-0.15, -0.1) is 0 Å². The summed E-state index contributed by atoms with van der Waals surface area (Å²) in [6.45, 7) is 3.14. The number of alkyl halides is 3. The van der Waals surface area contributed by atoms with Crippen LogP contribution in [0, 0.1) is 0 Å². The molecule has 170 valence electrons. The van der Waals surface area contributed by atoms with Gasteiger partial charge in [0.15, 0.2) is 0 Å². The van der Waals surface area contributed by atoms with Crippen molar-refractivity contribution in [3.63, 3.8) is 0 Å². The minimum Gasteiger partial charge on any atom is -0.386 e. The van der Waals surface area contributed by atoms with Gasteiger partial charge in [-0.2, -0.15) is 13.2 Å². The van der Waals surface area contributed by atoms with Crippen molar-refractivity contribution in [2.45, 2.75) is 63.6 Å². The van der Waals surface area contributed by atoms with Crippen LogP contribution in [0.1, 0.15) is 79.3 Å². The molecule has 3 aromatic heterocycles. The van der Waals surface area contributed by atoms with Crippen molar-refractivity contribution in [2.75, 3.05) is 5.32 Å². The highest BCUT2D eigenvalue weighted by molar-refractivity contribution is 6.03. The number of aromatic nitrogens is 3. The Morgan fingerprint density at radius 1 is 1.12 bits per heavy atom. The molecule has 0 bridgehead atoms. The number of carbonyl (C=O) groups excluding carboxylic acids is 1. The first-order valence-electron chi connectivity index (χ1n) is 10.6. The van der Waals surface area contributed by atoms with Gasteiger partial charge in [-0.3, -0.25) is 4.79 Å². The molecule has 1 fully saturated rings. The van der Waals surface area contributed by atoms with E-state index in [0.717, 1.165) is 30.7 Å². The Morgan fingerprint density at radius 3 is 2.50 bits per heavy atom. The van der Waals surface area contributed by atoms with E-state index in [0.29, 0.717) is 17.1 Å². The van der Waals surface area contributed by atoms with Crippen molar-refractivity contribution >= 4 is 17.2 Å². The molecule has 1 aliphatic rings. The van der Waals surface area contributed by atoms with Gasteiger partial charge in [0.25, 0.3) is 5.91 Å². The van der Waals surface area contributed by atoms with Crippen molar-refractivity contribution in [3.8, 4) is 0 Å². The summed E-state index contributed by atoms with van der Waals surface area (Å²) in [5.41, 5.74) is -0.534. The summed E-state index contributed by atoms with van der Waals surface area (Å²) in [7, 11) is 0. The molecule has 0 spiro atoms. The third-order valence-electron chi connectivity index (χ3n) is 5.81. The van der Waals surface area contributed by atoms with Crippen LogP contribution in [0.5, 0.6) is 0 Å². The molecule has 0 aliphatic heterocycles. The van der Waals surface area contributed by atoms with Gasteiger partial charge < -0.3 is 14.8 Å². The fourth-order valence-electron chi connectivity index (χ4n) is 4.16. The minimum atomic E-state index is -4.65. The number of nitrogens with one attached hydrogen (secondary N) is 1. The number of anilines is 1. The third-order valence-corrected chi connectivity index (χ3v) is 5.81. The largest absolute Gasteiger partial charge is 0.433 e. The fraction of sp³-hybridized carbons (Fsp3) is 0.435. The molecule has 0 saturated heterocycles. The fourth-order valence-corrected chi connectivity index (χ4v) is 4.16. The average Bonchev–Trinajstić information content (AvgIpc) is 3.16. The van der Waals surface area contributed by atoms with E-state index >= 15 is 0 Å². The molecule has 0 unspecified atom stereocenters.